The van der Waals surface area contributed by atoms with E-state index in [-0.39, 0.29) is 4.90 Å². The minimum Gasteiger partial charge on any atom is -0.281 e. The van der Waals surface area contributed by atoms with Gasteiger partial charge >= 0.3 is 0 Å². The summed E-state index contributed by atoms with van der Waals surface area (Å²) in [7, 11) is -2.70. The minimum atomic E-state index is -2.70. The maximum Gasteiger partial charge on any atom is 0.137 e. The van der Waals surface area contributed by atoms with Crippen LogP contribution in [0.5, 0.6) is 0 Å². The lowest BCUT2D eigenvalue weighted by molar-refractivity contribution is 0.571. The van der Waals surface area contributed by atoms with E-state index in [4.69, 9.17) is 0 Å². The van der Waals surface area contributed by atoms with Crippen molar-refractivity contribution in [1.82, 2.24) is 0 Å². The topological polar surface area (TPSA) is 17.1 Å². The molecule has 0 aliphatic carbocycles. The third kappa shape index (κ3) is 1.88. The Hall–Kier alpha value is -0.770. The van der Waals surface area contributed by atoms with Crippen molar-refractivity contribution in [2.45, 2.75) is 4.90 Å². The maximum absolute atomic E-state index is 12.9. The number of thiol groups is 1. The van der Waals surface area contributed by atoms with Crippen LogP contribution >= 0.6 is 0 Å². The van der Waals surface area contributed by atoms with Crippen LogP contribution in [-0.2, 0) is 9.93 Å². The Balaban J connectivity index is 3.33. The summed E-state index contributed by atoms with van der Waals surface area (Å²) in [5.41, 5.74) is 0. The van der Waals surface area contributed by atoms with Crippen LogP contribution in [0.4, 0.5) is 8.78 Å². The summed E-state index contributed by atoms with van der Waals surface area (Å²) in [5, 5.41) is 0. The average molecular weight is 192 g/mol. The van der Waals surface area contributed by atoms with Crippen LogP contribution in [0.15, 0.2) is 23.1 Å². The quantitative estimate of drug-likeness (QED) is 0.669. The van der Waals surface area contributed by atoms with Crippen molar-refractivity contribution in [2.24, 2.45) is 0 Å². The van der Waals surface area contributed by atoms with E-state index in [2.05, 4.69) is 0 Å². The molecule has 1 nitrogen and oxygen atoms in total. The van der Waals surface area contributed by atoms with E-state index in [1.165, 1.54) is 12.5 Å². The summed E-state index contributed by atoms with van der Waals surface area (Å²) in [6.07, 6.45) is 2.82. The van der Waals surface area contributed by atoms with Gasteiger partial charge in [-0.15, -0.1) is 0 Å². The van der Waals surface area contributed by atoms with Gasteiger partial charge in [-0.2, -0.15) is 0 Å². The van der Waals surface area contributed by atoms with Crippen molar-refractivity contribution in [3.05, 3.63) is 29.8 Å². The Bertz CT molecular complexity index is 343. The molecule has 0 spiro atoms. The number of hydrogen-bond acceptors (Lipinski definition) is 1. The van der Waals surface area contributed by atoms with Crippen molar-refractivity contribution in [3.63, 3.8) is 0 Å². The van der Waals surface area contributed by atoms with Gasteiger partial charge in [0.25, 0.3) is 0 Å². The van der Waals surface area contributed by atoms with E-state index in [1.54, 1.807) is 0 Å². The lowest BCUT2D eigenvalue weighted by Gasteiger charge is -2.12. The third-order valence-corrected chi connectivity index (χ3v) is 2.99. The molecule has 0 aromatic heterocycles. The first-order chi connectivity index (χ1) is 5.41. The fraction of sp³-hybridized carbons (Fsp3) is 0.250. The van der Waals surface area contributed by atoms with Gasteiger partial charge in [-0.25, -0.2) is 8.78 Å². The summed E-state index contributed by atoms with van der Waals surface area (Å²) < 4.78 is 36.9. The Morgan fingerprint density at radius 1 is 1.25 bits per heavy atom. The molecule has 12 heavy (non-hydrogen) atoms. The molecule has 1 rings (SSSR count). The predicted octanol–water partition coefficient (Wildman–Crippen LogP) is 1.60. The first-order valence-electron chi connectivity index (χ1n) is 3.42. The van der Waals surface area contributed by atoms with E-state index in [0.717, 1.165) is 18.2 Å². The van der Waals surface area contributed by atoms with Gasteiger partial charge in [-0.3, -0.25) is 4.21 Å². The van der Waals surface area contributed by atoms with Crippen LogP contribution in [0.1, 0.15) is 0 Å². The molecule has 0 N–H and O–H groups in total. The number of rotatable bonds is 1. The summed E-state index contributed by atoms with van der Waals surface area (Å²) >= 11 is 0. The second-order valence-electron chi connectivity index (χ2n) is 2.95. The van der Waals surface area contributed by atoms with Crippen molar-refractivity contribution < 1.29 is 13.0 Å². The summed E-state index contributed by atoms with van der Waals surface area (Å²) in [6.45, 7) is 0. The zero-order valence-electron chi connectivity index (χ0n) is 6.84. The fourth-order valence-electron chi connectivity index (χ4n) is 0.898. The van der Waals surface area contributed by atoms with Crippen molar-refractivity contribution >= 4 is 9.93 Å². The lowest BCUT2D eigenvalue weighted by atomic mass is 10.3. The second kappa shape index (κ2) is 2.94. The molecule has 0 aliphatic heterocycles. The molecule has 0 saturated heterocycles. The molecule has 1 aromatic carbocycles. The standard InChI is InChI=1S/C8H10F2OS/c1-12(2,11)8-5-6(9)3-4-7(8)10/h3-5,12H,1-2H3. The largest absolute Gasteiger partial charge is 0.281 e. The van der Waals surface area contributed by atoms with Gasteiger partial charge in [0.2, 0.25) is 0 Å². The predicted molar refractivity (Wildman–Crippen MR) is 46.0 cm³/mol. The molecule has 0 bridgehead atoms. The number of halogens is 2. The monoisotopic (exact) mass is 192 g/mol. The van der Waals surface area contributed by atoms with Crippen LogP contribution in [0.25, 0.3) is 0 Å². The SMILES string of the molecule is C[SH](C)(=O)c1cc(F)ccc1F. The summed E-state index contributed by atoms with van der Waals surface area (Å²) in [4.78, 5) is -0.0255. The molecule has 0 aliphatic rings. The maximum atomic E-state index is 12.9. The van der Waals surface area contributed by atoms with Crippen molar-refractivity contribution in [3.8, 4) is 0 Å². The molecule has 4 heteroatoms. The van der Waals surface area contributed by atoms with Crippen molar-refractivity contribution in [1.29, 1.82) is 0 Å². The first-order valence-corrected chi connectivity index (χ1v) is 6.02. The van der Waals surface area contributed by atoms with Gasteiger partial charge in [-0.05, 0) is 30.7 Å². The average Bonchev–Trinajstić information content (AvgIpc) is 1.92. The number of benzene rings is 1. The first kappa shape index (κ1) is 9.32. The van der Waals surface area contributed by atoms with Crippen LogP contribution in [0.2, 0.25) is 0 Å². The van der Waals surface area contributed by atoms with Crippen LogP contribution in [0.3, 0.4) is 0 Å². The molecule has 0 radical (unpaired) electrons. The molecule has 0 heterocycles. The Morgan fingerprint density at radius 2 is 1.83 bits per heavy atom. The lowest BCUT2D eigenvalue weighted by Crippen LogP contribution is -2.09. The molecule has 1 aromatic rings. The molecular formula is C8H10F2OS. The van der Waals surface area contributed by atoms with Gasteiger partial charge in [0.15, 0.2) is 0 Å². The molecule has 0 saturated carbocycles. The Kier molecular flexibility index (Phi) is 2.28. The van der Waals surface area contributed by atoms with Gasteiger partial charge in [0.05, 0.1) is 4.90 Å². The Labute approximate surface area is 70.8 Å². The van der Waals surface area contributed by atoms with Crippen LogP contribution < -0.4 is 0 Å². The highest BCUT2D eigenvalue weighted by Gasteiger charge is 2.11. The van der Waals surface area contributed by atoms with E-state index < -0.39 is 21.6 Å². The van der Waals surface area contributed by atoms with E-state index in [0.29, 0.717) is 0 Å². The van der Waals surface area contributed by atoms with Crippen LogP contribution in [0, 0.1) is 11.6 Å². The zero-order valence-corrected chi connectivity index (χ0v) is 7.74. The highest BCUT2D eigenvalue weighted by Crippen LogP contribution is 2.18. The summed E-state index contributed by atoms with van der Waals surface area (Å²) in [6, 6.07) is 2.98. The van der Waals surface area contributed by atoms with E-state index in [9.17, 15) is 13.0 Å². The molecule has 0 fully saturated rings. The minimum absolute atomic E-state index is 0.0255. The van der Waals surface area contributed by atoms with E-state index >= 15 is 0 Å². The fourth-order valence-corrected chi connectivity index (χ4v) is 1.92. The number of hydrogen-bond donors (Lipinski definition) is 1. The highest BCUT2D eigenvalue weighted by molar-refractivity contribution is 8.01. The zero-order chi connectivity index (χ0) is 9.35. The third-order valence-electron chi connectivity index (χ3n) is 1.49. The van der Waals surface area contributed by atoms with Crippen LogP contribution in [-0.4, -0.2) is 16.7 Å². The van der Waals surface area contributed by atoms with Crippen molar-refractivity contribution in [2.75, 3.05) is 12.5 Å². The van der Waals surface area contributed by atoms with Gasteiger partial charge < -0.3 is 0 Å². The Morgan fingerprint density at radius 3 is 2.25 bits per heavy atom. The van der Waals surface area contributed by atoms with Gasteiger partial charge in [-0.1, -0.05) is 9.93 Å². The van der Waals surface area contributed by atoms with E-state index in [1.807, 2.05) is 0 Å². The molecule has 68 valence electrons. The normalized spacial score (nSPS) is 13.0. The molecule has 0 atom stereocenters. The second-order valence-corrected chi connectivity index (χ2v) is 6.13. The smallest absolute Gasteiger partial charge is 0.137 e. The molecular weight excluding hydrogens is 182 g/mol. The van der Waals surface area contributed by atoms with Gasteiger partial charge in [0.1, 0.15) is 11.6 Å². The molecule has 0 amide bonds. The highest BCUT2D eigenvalue weighted by atomic mass is 32.2. The van der Waals surface area contributed by atoms with Gasteiger partial charge in [0, 0.05) is 0 Å². The molecule has 0 unspecified atom stereocenters. The summed E-state index contributed by atoms with van der Waals surface area (Å²) in [5.74, 6) is -1.17.